The molecule has 2 aromatic rings. The van der Waals surface area contributed by atoms with Crippen LogP contribution in [0.3, 0.4) is 0 Å². The van der Waals surface area contributed by atoms with E-state index in [9.17, 15) is 14.4 Å². The van der Waals surface area contributed by atoms with Gasteiger partial charge in [0.1, 0.15) is 5.75 Å². The monoisotopic (exact) mass is 357 g/mol. The maximum atomic E-state index is 12.0. The molecule has 0 heterocycles. The first-order valence-electron chi connectivity index (χ1n) is 7.67. The van der Waals surface area contributed by atoms with Gasteiger partial charge in [0.2, 0.25) is 5.91 Å². The van der Waals surface area contributed by atoms with E-state index in [2.05, 4.69) is 10.6 Å². The third-order valence-electron chi connectivity index (χ3n) is 3.29. The predicted octanol–water partition coefficient (Wildman–Crippen LogP) is 2.03. The van der Waals surface area contributed by atoms with Crippen molar-refractivity contribution in [2.45, 2.75) is 6.92 Å². The number of benzene rings is 2. The third kappa shape index (κ3) is 5.23. The smallest absolute Gasteiger partial charge is 0.338 e. The Hall–Kier alpha value is -3.55. The molecule has 0 radical (unpaired) electrons. The maximum absolute atomic E-state index is 12.0. The SMILES string of the molecule is COc1ccc(C(=O)OCC(=O)Nc2ccc(NC(C)=O)cc2)cc1N. The summed E-state index contributed by atoms with van der Waals surface area (Å²) in [5.74, 6) is -0.905. The Labute approximate surface area is 150 Å². The summed E-state index contributed by atoms with van der Waals surface area (Å²) in [6.07, 6.45) is 0. The van der Waals surface area contributed by atoms with Crippen LogP contribution in [0.25, 0.3) is 0 Å². The molecule has 26 heavy (non-hydrogen) atoms. The van der Waals surface area contributed by atoms with Crippen LogP contribution < -0.4 is 21.1 Å². The summed E-state index contributed by atoms with van der Waals surface area (Å²) >= 11 is 0. The molecule has 0 saturated carbocycles. The van der Waals surface area contributed by atoms with Crippen molar-refractivity contribution in [3.63, 3.8) is 0 Å². The van der Waals surface area contributed by atoms with Crippen LogP contribution in [-0.4, -0.2) is 31.5 Å². The fraction of sp³-hybridized carbons (Fsp3) is 0.167. The van der Waals surface area contributed by atoms with Crippen molar-refractivity contribution in [3.05, 3.63) is 48.0 Å². The summed E-state index contributed by atoms with van der Waals surface area (Å²) < 4.78 is 9.97. The van der Waals surface area contributed by atoms with Gasteiger partial charge in [0.25, 0.3) is 5.91 Å². The van der Waals surface area contributed by atoms with Gasteiger partial charge in [-0.15, -0.1) is 0 Å². The van der Waals surface area contributed by atoms with Crippen LogP contribution >= 0.6 is 0 Å². The molecule has 2 rings (SSSR count). The molecule has 4 N–H and O–H groups in total. The lowest BCUT2D eigenvalue weighted by molar-refractivity contribution is -0.119. The zero-order valence-electron chi connectivity index (χ0n) is 14.4. The second kappa shape index (κ2) is 8.52. The van der Waals surface area contributed by atoms with Crippen LogP contribution in [0.2, 0.25) is 0 Å². The largest absolute Gasteiger partial charge is 0.495 e. The standard InChI is InChI=1S/C18H19N3O5/c1-11(22)20-13-4-6-14(7-5-13)21-17(23)10-26-18(24)12-3-8-16(25-2)15(19)9-12/h3-9H,10,19H2,1-2H3,(H,20,22)(H,21,23). The molecule has 0 aliphatic carbocycles. The molecule has 0 bridgehead atoms. The van der Waals surface area contributed by atoms with Gasteiger partial charge in [0, 0.05) is 18.3 Å². The fourth-order valence-electron chi connectivity index (χ4n) is 2.11. The average molecular weight is 357 g/mol. The van der Waals surface area contributed by atoms with Crippen molar-refractivity contribution in [3.8, 4) is 5.75 Å². The highest BCUT2D eigenvalue weighted by molar-refractivity contribution is 5.96. The molecule has 0 fully saturated rings. The number of hydrogen-bond donors (Lipinski definition) is 3. The minimum Gasteiger partial charge on any atom is -0.495 e. The van der Waals surface area contributed by atoms with Crippen LogP contribution in [0.4, 0.5) is 17.1 Å². The number of nitrogen functional groups attached to an aromatic ring is 1. The Morgan fingerprint density at radius 1 is 1.00 bits per heavy atom. The third-order valence-corrected chi connectivity index (χ3v) is 3.29. The Kier molecular flexibility index (Phi) is 6.15. The summed E-state index contributed by atoms with van der Waals surface area (Å²) in [7, 11) is 1.47. The Balaban J connectivity index is 1.87. The second-order valence-corrected chi connectivity index (χ2v) is 5.34. The summed E-state index contributed by atoms with van der Waals surface area (Å²) in [6, 6.07) is 11.0. The van der Waals surface area contributed by atoms with Gasteiger partial charge >= 0.3 is 5.97 Å². The number of carbonyl (C=O) groups excluding carboxylic acids is 3. The molecule has 0 spiro atoms. The van der Waals surface area contributed by atoms with Gasteiger partial charge in [0.05, 0.1) is 18.4 Å². The molecule has 2 amide bonds. The second-order valence-electron chi connectivity index (χ2n) is 5.34. The van der Waals surface area contributed by atoms with E-state index in [-0.39, 0.29) is 11.5 Å². The summed E-state index contributed by atoms with van der Waals surface area (Å²) in [5.41, 5.74) is 7.37. The van der Waals surface area contributed by atoms with E-state index in [4.69, 9.17) is 15.2 Å². The molecule has 0 saturated heterocycles. The normalized spacial score (nSPS) is 9.92. The quantitative estimate of drug-likeness (QED) is 0.537. The van der Waals surface area contributed by atoms with Crippen LogP contribution in [0.15, 0.2) is 42.5 Å². The highest BCUT2D eigenvalue weighted by Gasteiger charge is 2.12. The van der Waals surface area contributed by atoms with Gasteiger partial charge in [-0.25, -0.2) is 4.79 Å². The molecular formula is C18H19N3O5. The van der Waals surface area contributed by atoms with Crippen LogP contribution in [0.5, 0.6) is 5.75 Å². The number of hydrogen-bond acceptors (Lipinski definition) is 6. The van der Waals surface area contributed by atoms with Crippen molar-refractivity contribution in [2.75, 3.05) is 30.1 Å². The molecule has 8 nitrogen and oxygen atoms in total. The molecule has 136 valence electrons. The lowest BCUT2D eigenvalue weighted by Gasteiger charge is -2.09. The Bertz CT molecular complexity index is 818. The number of carbonyl (C=O) groups is 3. The van der Waals surface area contributed by atoms with Crippen molar-refractivity contribution in [2.24, 2.45) is 0 Å². The zero-order chi connectivity index (χ0) is 19.1. The van der Waals surface area contributed by atoms with Crippen molar-refractivity contribution < 1.29 is 23.9 Å². The number of ether oxygens (including phenoxy) is 2. The van der Waals surface area contributed by atoms with E-state index in [1.165, 1.54) is 26.2 Å². The van der Waals surface area contributed by atoms with E-state index < -0.39 is 18.5 Å². The van der Waals surface area contributed by atoms with Gasteiger partial charge < -0.3 is 25.8 Å². The van der Waals surface area contributed by atoms with E-state index in [1.807, 2.05) is 0 Å². The summed E-state index contributed by atoms with van der Waals surface area (Å²) in [6.45, 7) is 0.957. The number of amides is 2. The van der Waals surface area contributed by atoms with Crippen molar-refractivity contribution in [1.82, 2.24) is 0 Å². The molecule has 0 aromatic heterocycles. The predicted molar refractivity (Wildman–Crippen MR) is 97.1 cm³/mol. The van der Waals surface area contributed by atoms with Crippen molar-refractivity contribution in [1.29, 1.82) is 0 Å². The van der Waals surface area contributed by atoms with Gasteiger partial charge in [-0.3, -0.25) is 9.59 Å². The number of rotatable bonds is 6. The fourth-order valence-corrected chi connectivity index (χ4v) is 2.11. The van der Waals surface area contributed by atoms with Gasteiger partial charge in [0.15, 0.2) is 6.61 Å². The molecular weight excluding hydrogens is 338 g/mol. The minimum atomic E-state index is -0.671. The number of nitrogens with one attached hydrogen (secondary N) is 2. The maximum Gasteiger partial charge on any atom is 0.338 e. The van der Waals surface area contributed by atoms with Crippen molar-refractivity contribution >= 4 is 34.8 Å². The molecule has 0 atom stereocenters. The Morgan fingerprint density at radius 3 is 2.15 bits per heavy atom. The number of methoxy groups -OCH3 is 1. The molecule has 8 heteroatoms. The highest BCUT2D eigenvalue weighted by Crippen LogP contribution is 2.22. The first-order chi connectivity index (χ1) is 12.4. The number of nitrogens with two attached hydrogens (primary N) is 1. The number of anilines is 3. The molecule has 0 unspecified atom stereocenters. The van der Waals surface area contributed by atoms with E-state index in [0.29, 0.717) is 22.8 Å². The zero-order valence-corrected chi connectivity index (χ0v) is 14.4. The molecule has 0 aliphatic rings. The van der Waals surface area contributed by atoms with Crippen LogP contribution in [-0.2, 0) is 14.3 Å². The lowest BCUT2D eigenvalue weighted by atomic mass is 10.2. The molecule has 0 aliphatic heterocycles. The van der Waals surface area contributed by atoms with Crippen LogP contribution in [0, 0.1) is 0 Å². The van der Waals surface area contributed by atoms with Gasteiger partial charge in [-0.05, 0) is 42.5 Å². The highest BCUT2D eigenvalue weighted by atomic mass is 16.5. The Morgan fingerprint density at radius 2 is 1.62 bits per heavy atom. The first kappa shape index (κ1) is 18.8. The van der Waals surface area contributed by atoms with E-state index >= 15 is 0 Å². The first-order valence-corrected chi connectivity index (χ1v) is 7.67. The van der Waals surface area contributed by atoms with Gasteiger partial charge in [-0.1, -0.05) is 0 Å². The minimum absolute atomic E-state index is 0.187. The lowest BCUT2D eigenvalue weighted by Crippen LogP contribution is -2.21. The van der Waals surface area contributed by atoms with Crippen LogP contribution in [0.1, 0.15) is 17.3 Å². The summed E-state index contributed by atoms with van der Waals surface area (Å²) in [5, 5.41) is 5.20. The average Bonchev–Trinajstić information content (AvgIpc) is 2.61. The molecule has 2 aromatic carbocycles. The van der Waals surface area contributed by atoms with Gasteiger partial charge in [-0.2, -0.15) is 0 Å². The summed E-state index contributed by atoms with van der Waals surface area (Å²) in [4.78, 5) is 34.8. The number of esters is 1. The van der Waals surface area contributed by atoms with E-state index in [0.717, 1.165) is 0 Å². The topological polar surface area (TPSA) is 120 Å². The van der Waals surface area contributed by atoms with E-state index in [1.54, 1.807) is 30.3 Å².